The van der Waals surface area contributed by atoms with Gasteiger partial charge in [-0.2, -0.15) is 5.10 Å². The summed E-state index contributed by atoms with van der Waals surface area (Å²) in [5.41, 5.74) is 0. The molecule has 0 spiro atoms. The van der Waals surface area contributed by atoms with Crippen molar-refractivity contribution in [3.63, 3.8) is 0 Å². The monoisotopic (exact) mass is 239 g/mol. The Bertz CT molecular complexity index is 308. The fourth-order valence-corrected chi connectivity index (χ4v) is 1.55. The third-order valence-electron chi connectivity index (χ3n) is 3.08. The molecule has 0 bridgehead atoms. The van der Waals surface area contributed by atoms with Crippen molar-refractivity contribution in [3.8, 4) is 0 Å². The van der Waals surface area contributed by atoms with Gasteiger partial charge in [-0.15, -0.1) is 0 Å². The molecule has 5 heteroatoms. The van der Waals surface area contributed by atoms with Gasteiger partial charge in [0.2, 0.25) is 0 Å². The molecule has 98 valence electrons. The number of unbranched alkanes of at least 4 members (excludes halogenated alkanes) is 1. The highest BCUT2D eigenvalue weighted by Crippen LogP contribution is 1.97. The summed E-state index contributed by atoms with van der Waals surface area (Å²) in [5.74, 6) is 0.990. The minimum atomic E-state index is 0.640. The van der Waals surface area contributed by atoms with Crippen LogP contribution in [0, 0.1) is 0 Å². The number of hydrogen-bond donors (Lipinski definition) is 1. The maximum atomic E-state index is 4.17. The Morgan fingerprint density at radius 1 is 1.41 bits per heavy atom. The number of aryl methyl sites for hydroxylation is 1. The van der Waals surface area contributed by atoms with Gasteiger partial charge in [0.05, 0.1) is 6.54 Å². The Morgan fingerprint density at radius 3 is 2.76 bits per heavy atom. The lowest BCUT2D eigenvalue weighted by Crippen LogP contribution is -2.28. The molecule has 5 nitrogen and oxygen atoms in total. The van der Waals surface area contributed by atoms with Gasteiger partial charge in [-0.3, -0.25) is 4.68 Å². The maximum absolute atomic E-state index is 4.17. The normalized spacial score (nSPS) is 11.6. The number of rotatable bonds is 8. The first-order valence-electron chi connectivity index (χ1n) is 6.35. The molecule has 0 fully saturated rings. The molecule has 0 atom stereocenters. The van der Waals surface area contributed by atoms with E-state index >= 15 is 0 Å². The molecular formula is C12H25N5. The van der Waals surface area contributed by atoms with Gasteiger partial charge in [-0.05, 0) is 46.8 Å². The fourth-order valence-electron chi connectivity index (χ4n) is 1.55. The molecule has 0 amide bonds. The molecule has 0 aliphatic heterocycles. The fraction of sp³-hybridized carbons (Fsp3) is 0.833. The van der Waals surface area contributed by atoms with Gasteiger partial charge < -0.3 is 10.2 Å². The molecule has 0 aliphatic carbocycles. The largest absolute Gasteiger partial charge is 0.310 e. The summed E-state index contributed by atoms with van der Waals surface area (Å²) in [6, 6.07) is 0.640. The van der Waals surface area contributed by atoms with Crippen molar-refractivity contribution in [1.82, 2.24) is 25.0 Å². The van der Waals surface area contributed by atoms with Gasteiger partial charge in [0.25, 0.3) is 0 Å². The smallest absolute Gasteiger partial charge is 0.140 e. The van der Waals surface area contributed by atoms with Crippen LogP contribution in [0.5, 0.6) is 0 Å². The second-order valence-electron chi connectivity index (χ2n) is 4.76. The van der Waals surface area contributed by atoms with Gasteiger partial charge in [0, 0.05) is 13.1 Å². The Labute approximate surface area is 104 Å². The summed E-state index contributed by atoms with van der Waals surface area (Å²) in [4.78, 5) is 6.54. The molecule has 1 aromatic rings. The number of nitrogens with one attached hydrogen (secondary N) is 1. The van der Waals surface area contributed by atoms with Crippen LogP contribution in [0.1, 0.15) is 32.5 Å². The number of aromatic nitrogens is 3. The topological polar surface area (TPSA) is 46.0 Å². The summed E-state index contributed by atoms with van der Waals surface area (Å²) in [6.45, 7) is 7.47. The summed E-state index contributed by atoms with van der Waals surface area (Å²) >= 11 is 0. The molecule has 0 aromatic carbocycles. The van der Waals surface area contributed by atoms with Crippen LogP contribution in [0.4, 0.5) is 0 Å². The molecule has 1 rings (SSSR count). The number of hydrogen-bond acceptors (Lipinski definition) is 4. The molecule has 0 aliphatic rings. The molecule has 17 heavy (non-hydrogen) atoms. The zero-order valence-electron chi connectivity index (χ0n) is 11.5. The second kappa shape index (κ2) is 7.40. The predicted molar refractivity (Wildman–Crippen MR) is 69.7 cm³/mol. The van der Waals surface area contributed by atoms with Crippen LogP contribution >= 0.6 is 0 Å². The Hall–Kier alpha value is -0.940. The predicted octanol–water partition coefficient (Wildman–Crippen LogP) is 1.03. The molecule has 1 aromatic heterocycles. The Kier molecular flexibility index (Phi) is 6.15. The molecule has 0 radical (unpaired) electrons. The average molecular weight is 239 g/mol. The minimum absolute atomic E-state index is 0.640. The lowest BCUT2D eigenvalue weighted by molar-refractivity contribution is 0.268. The SMILES string of the molecule is CC(C)N(C)CCCCNCc1ncnn1C. The zero-order valence-corrected chi connectivity index (χ0v) is 11.5. The van der Waals surface area contributed by atoms with Gasteiger partial charge in [-0.25, -0.2) is 4.98 Å². The summed E-state index contributed by atoms with van der Waals surface area (Å²) in [6.07, 6.45) is 4.03. The molecule has 1 heterocycles. The molecule has 0 unspecified atom stereocenters. The quantitative estimate of drug-likeness (QED) is 0.688. The van der Waals surface area contributed by atoms with Crippen LogP contribution in [0.25, 0.3) is 0 Å². The lowest BCUT2D eigenvalue weighted by Gasteiger charge is -2.20. The van der Waals surface area contributed by atoms with Gasteiger partial charge >= 0.3 is 0 Å². The summed E-state index contributed by atoms with van der Waals surface area (Å²) in [7, 11) is 4.10. The van der Waals surface area contributed by atoms with E-state index in [9.17, 15) is 0 Å². The Morgan fingerprint density at radius 2 is 2.18 bits per heavy atom. The molecule has 0 saturated heterocycles. The van der Waals surface area contributed by atoms with Crippen molar-refractivity contribution < 1.29 is 0 Å². The third-order valence-corrected chi connectivity index (χ3v) is 3.08. The van der Waals surface area contributed by atoms with E-state index in [4.69, 9.17) is 0 Å². The van der Waals surface area contributed by atoms with E-state index in [1.807, 2.05) is 7.05 Å². The van der Waals surface area contributed by atoms with Crippen LogP contribution in [-0.4, -0.2) is 45.8 Å². The van der Waals surface area contributed by atoms with E-state index in [0.29, 0.717) is 6.04 Å². The van der Waals surface area contributed by atoms with Crippen molar-refractivity contribution >= 4 is 0 Å². The van der Waals surface area contributed by atoms with Gasteiger partial charge in [0.1, 0.15) is 12.2 Å². The molecule has 0 saturated carbocycles. The van der Waals surface area contributed by atoms with Crippen LogP contribution in [-0.2, 0) is 13.6 Å². The van der Waals surface area contributed by atoms with Crippen LogP contribution < -0.4 is 5.32 Å². The standard InChI is InChI=1S/C12H25N5/c1-11(2)16(3)8-6-5-7-13-9-12-14-10-15-17(12)4/h10-11,13H,5-9H2,1-4H3. The van der Waals surface area contributed by atoms with E-state index in [-0.39, 0.29) is 0 Å². The first-order chi connectivity index (χ1) is 8.11. The summed E-state index contributed by atoms with van der Waals surface area (Å²) in [5, 5.41) is 7.42. The highest BCUT2D eigenvalue weighted by atomic mass is 15.3. The van der Waals surface area contributed by atoms with Gasteiger partial charge in [0.15, 0.2) is 0 Å². The molecule has 1 N–H and O–H groups in total. The zero-order chi connectivity index (χ0) is 12.7. The number of nitrogens with zero attached hydrogens (tertiary/aromatic N) is 4. The van der Waals surface area contributed by atoms with E-state index in [1.165, 1.54) is 19.4 Å². The van der Waals surface area contributed by atoms with Crippen molar-refractivity contribution in [3.05, 3.63) is 12.2 Å². The van der Waals surface area contributed by atoms with E-state index in [1.54, 1.807) is 11.0 Å². The first kappa shape index (κ1) is 14.1. The van der Waals surface area contributed by atoms with Crippen LogP contribution in [0.3, 0.4) is 0 Å². The van der Waals surface area contributed by atoms with E-state index in [0.717, 1.165) is 18.9 Å². The van der Waals surface area contributed by atoms with Crippen molar-refractivity contribution in [2.75, 3.05) is 20.1 Å². The second-order valence-corrected chi connectivity index (χ2v) is 4.76. The minimum Gasteiger partial charge on any atom is -0.310 e. The van der Waals surface area contributed by atoms with Crippen LogP contribution in [0.2, 0.25) is 0 Å². The maximum Gasteiger partial charge on any atom is 0.140 e. The van der Waals surface area contributed by atoms with Crippen LogP contribution in [0.15, 0.2) is 6.33 Å². The van der Waals surface area contributed by atoms with E-state index in [2.05, 4.69) is 41.2 Å². The first-order valence-corrected chi connectivity index (χ1v) is 6.35. The summed E-state index contributed by atoms with van der Waals surface area (Å²) < 4.78 is 1.81. The highest BCUT2D eigenvalue weighted by molar-refractivity contribution is 4.81. The molecular weight excluding hydrogens is 214 g/mol. The van der Waals surface area contributed by atoms with Crippen molar-refractivity contribution in [1.29, 1.82) is 0 Å². The van der Waals surface area contributed by atoms with E-state index < -0.39 is 0 Å². The van der Waals surface area contributed by atoms with Crippen molar-refractivity contribution in [2.45, 2.75) is 39.3 Å². The average Bonchev–Trinajstić information content (AvgIpc) is 2.68. The third kappa shape index (κ3) is 5.28. The Balaban J connectivity index is 2.00. The lowest BCUT2D eigenvalue weighted by atomic mass is 10.2. The van der Waals surface area contributed by atoms with Gasteiger partial charge in [-0.1, -0.05) is 0 Å². The highest BCUT2D eigenvalue weighted by Gasteiger charge is 2.02. The van der Waals surface area contributed by atoms with Crippen molar-refractivity contribution in [2.24, 2.45) is 7.05 Å².